The minimum Gasteiger partial charge on any atom is -0.372 e. The van der Waals surface area contributed by atoms with Gasteiger partial charge >= 0.3 is 0 Å². The summed E-state index contributed by atoms with van der Waals surface area (Å²) in [5.41, 5.74) is 2.61. The number of hydrogen-bond donors (Lipinski definition) is 2. The number of ether oxygens (including phenoxy) is 1. The average Bonchev–Trinajstić information content (AvgIpc) is 2.67. The van der Waals surface area contributed by atoms with Gasteiger partial charge in [-0.3, -0.25) is 9.52 Å². The van der Waals surface area contributed by atoms with Crippen LogP contribution in [0.25, 0.3) is 0 Å². The number of benzene rings is 2. The van der Waals surface area contributed by atoms with Gasteiger partial charge in [-0.2, -0.15) is 0 Å². The van der Waals surface area contributed by atoms with Crippen molar-refractivity contribution in [3.8, 4) is 0 Å². The maximum atomic E-state index is 12.6. The SMILES string of the molecule is CC1CN(c2cccc(NC(=O)c3ccc(NS(=O)(=O)C(C)C)cc3)c2)CC(C)O1. The fraction of sp³-hybridized carbons (Fsp3) is 0.409. The quantitative estimate of drug-likeness (QED) is 0.728. The second kappa shape index (κ2) is 9.06. The van der Waals surface area contributed by atoms with E-state index in [0.29, 0.717) is 16.9 Å². The summed E-state index contributed by atoms with van der Waals surface area (Å²) in [6, 6.07) is 14.1. The number of carbonyl (C=O) groups excluding carboxylic acids is 1. The molecule has 2 unspecified atom stereocenters. The van der Waals surface area contributed by atoms with E-state index in [9.17, 15) is 13.2 Å². The highest BCUT2D eigenvalue weighted by Crippen LogP contribution is 2.24. The molecule has 7 nitrogen and oxygen atoms in total. The molecule has 2 N–H and O–H groups in total. The highest BCUT2D eigenvalue weighted by molar-refractivity contribution is 7.93. The van der Waals surface area contributed by atoms with Gasteiger partial charge < -0.3 is 15.0 Å². The van der Waals surface area contributed by atoms with Crippen LogP contribution in [0.4, 0.5) is 17.1 Å². The molecule has 1 amide bonds. The zero-order valence-electron chi connectivity index (χ0n) is 17.8. The lowest BCUT2D eigenvalue weighted by Crippen LogP contribution is -2.45. The molecule has 2 aromatic rings. The molecule has 2 atom stereocenters. The van der Waals surface area contributed by atoms with Crippen molar-refractivity contribution in [3.63, 3.8) is 0 Å². The van der Waals surface area contributed by atoms with Gasteiger partial charge in [0.05, 0.1) is 17.5 Å². The van der Waals surface area contributed by atoms with Gasteiger partial charge in [0.25, 0.3) is 5.91 Å². The van der Waals surface area contributed by atoms with Gasteiger partial charge in [-0.05, 0) is 70.2 Å². The Labute approximate surface area is 178 Å². The standard InChI is InChI=1S/C22H29N3O4S/c1-15(2)30(27,28)24-19-10-8-18(9-11-19)22(26)23-20-6-5-7-21(12-20)25-13-16(3)29-17(4)14-25/h5-12,15-17,24H,13-14H2,1-4H3,(H,23,26). The molecule has 1 saturated heterocycles. The number of carbonyl (C=O) groups is 1. The number of nitrogens with one attached hydrogen (secondary N) is 2. The van der Waals surface area contributed by atoms with Crippen LogP contribution >= 0.6 is 0 Å². The first-order valence-electron chi connectivity index (χ1n) is 10.1. The third kappa shape index (κ3) is 5.52. The summed E-state index contributed by atoms with van der Waals surface area (Å²) in [4.78, 5) is 14.9. The molecule has 3 rings (SSSR count). The average molecular weight is 432 g/mol. The van der Waals surface area contributed by atoms with E-state index in [1.807, 2.05) is 24.3 Å². The van der Waals surface area contributed by atoms with Crippen LogP contribution in [0.2, 0.25) is 0 Å². The van der Waals surface area contributed by atoms with Gasteiger partial charge in [-0.1, -0.05) is 6.07 Å². The summed E-state index contributed by atoms with van der Waals surface area (Å²) in [6.07, 6.45) is 0.303. The predicted octanol–water partition coefficient (Wildman–Crippen LogP) is 3.70. The number of anilines is 3. The molecule has 30 heavy (non-hydrogen) atoms. The van der Waals surface area contributed by atoms with E-state index in [1.54, 1.807) is 38.1 Å². The van der Waals surface area contributed by atoms with Crippen LogP contribution in [0.3, 0.4) is 0 Å². The minimum atomic E-state index is -3.42. The van der Waals surface area contributed by atoms with Crippen LogP contribution in [0, 0.1) is 0 Å². The van der Waals surface area contributed by atoms with Gasteiger partial charge in [0.15, 0.2) is 0 Å². The molecule has 162 valence electrons. The molecule has 1 fully saturated rings. The van der Waals surface area contributed by atoms with Crippen molar-refractivity contribution in [1.82, 2.24) is 0 Å². The first kappa shape index (κ1) is 22.1. The fourth-order valence-corrected chi connectivity index (χ4v) is 4.04. The lowest BCUT2D eigenvalue weighted by Gasteiger charge is -2.37. The van der Waals surface area contributed by atoms with E-state index in [0.717, 1.165) is 18.8 Å². The highest BCUT2D eigenvalue weighted by Gasteiger charge is 2.22. The van der Waals surface area contributed by atoms with E-state index in [1.165, 1.54) is 0 Å². The Morgan fingerprint density at radius 2 is 1.67 bits per heavy atom. The monoisotopic (exact) mass is 431 g/mol. The first-order valence-corrected chi connectivity index (χ1v) is 11.6. The third-order valence-corrected chi connectivity index (χ3v) is 6.68. The lowest BCUT2D eigenvalue weighted by atomic mass is 10.1. The summed E-state index contributed by atoms with van der Waals surface area (Å²) in [7, 11) is -3.42. The number of sulfonamides is 1. The zero-order valence-corrected chi connectivity index (χ0v) is 18.6. The van der Waals surface area contributed by atoms with E-state index >= 15 is 0 Å². The molecule has 8 heteroatoms. The Kier molecular flexibility index (Phi) is 6.67. The molecule has 0 saturated carbocycles. The Balaban J connectivity index is 1.67. The van der Waals surface area contributed by atoms with E-state index in [2.05, 4.69) is 28.8 Å². The Hall–Kier alpha value is -2.58. The highest BCUT2D eigenvalue weighted by atomic mass is 32.2. The van der Waals surface area contributed by atoms with Gasteiger partial charge in [-0.15, -0.1) is 0 Å². The van der Waals surface area contributed by atoms with Gasteiger partial charge in [-0.25, -0.2) is 8.42 Å². The molecule has 0 aromatic heterocycles. The number of rotatable bonds is 6. The van der Waals surface area contributed by atoms with Crippen LogP contribution in [0.15, 0.2) is 48.5 Å². The first-order chi connectivity index (χ1) is 14.1. The second-order valence-electron chi connectivity index (χ2n) is 7.94. The Morgan fingerprint density at radius 3 is 2.27 bits per heavy atom. The number of morpholine rings is 1. The van der Waals surface area contributed by atoms with Crippen LogP contribution in [0.5, 0.6) is 0 Å². The van der Waals surface area contributed by atoms with E-state index in [-0.39, 0.29) is 18.1 Å². The molecule has 1 aliphatic rings. The molecule has 0 radical (unpaired) electrons. The maximum absolute atomic E-state index is 12.6. The van der Waals surface area contributed by atoms with Crippen molar-refractivity contribution in [2.45, 2.75) is 45.2 Å². The van der Waals surface area contributed by atoms with Gasteiger partial charge in [0.2, 0.25) is 10.0 Å². The second-order valence-corrected chi connectivity index (χ2v) is 10.2. The predicted molar refractivity (Wildman–Crippen MR) is 121 cm³/mol. The van der Waals surface area contributed by atoms with Gasteiger partial charge in [0.1, 0.15) is 0 Å². The number of hydrogen-bond acceptors (Lipinski definition) is 5. The smallest absolute Gasteiger partial charge is 0.255 e. The van der Waals surface area contributed by atoms with Crippen molar-refractivity contribution in [2.75, 3.05) is 28.0 Å². The normalized spacial score (nSPS) is 19.6. The third-order valence-electron chi connectivity index (χ3n) is 4.92. The molecule has 2 aromatic carbocycles. The Morgan fingerprint density at radius 1 is 1.03 bits per heavy atom. The van der Waals surface area contributed by atoms with Gasteiger partial charge in [0, 0.05) is 35.7 Å². The molecule has 0 bridgehead atoms. The molecule has 1 aliphatic heterocycles. The van der Waals surface area contributed by atoms with Crippen molar-refractivity contribution in [1.29, 1.82) is 0 Å². The van der Waals surface area contributed by atoms with Crippen LogP contribution in [-0.4, -0.2) is 44.9 Å². The summed E-state index contributed by atoms with van der Waals surface area (Å²) in [6.45, 7) is 8.93. The molecular weight excluding hydrogens is 402 g/mol. The molecule has 1 heterocycles. The largest absolute Gasteiger partial charge is 0.372 e. The molecular formula is C22H29N3O4S. The van der Waals surface area contributed by atoms with Crippen LogP contribution in [0.1, 0.15) is 38.1 Å². The number of amides is 1. The summed E-state index contributed by atoms with van der Waals surface area (Å²) < 4.78 is 32.2. The van der Waals surface area contributed by atoms with Crippen molar-refractivity contribution < 1.29 is 17.9 Å². The van der Waals surface area contributed by atoms with Crippen molar-refractivity contribution >= 4 is 33.0 Å². The van der Waals surface area contributed by atoms with Crippen LogP contribution in [-0.2, 0) is 14.8 Å². The summed E-state index contributed by atoms with van der Waals surface area (Å²) >= 11 is 0. The van der Waals surface area contributed by atoms with Crippen molar-refractivity contribution in [2.24, 2.45) is 0 Å². The van der Waals surface area contributed by atoms with E-state index < -0.39 is 15.3 Å². The van der Waals surface area contributed by atoms with E-state index in [4.69, 9.17) is 4.74 Å². The molecule has 0 aliphatic carbocycles. The summed E-state index contributed by atoms with van der Waals surface area (Å²) in [5.74, 6) is -0.255. The van der Waals surface area contributed by atoms with Crippen molar-refractivity contribution in [3.05, 3.63) is 54.1 Å². The topological polar surface area (TPSA) is 87.7 Å². The maximum Gasteiger partial charge on any atom is 0.255 e. The Bertz CT molecular complexity index is 980. The lowest BCUT2D eigenvalue weighted by molar-refractivity contribution is -0.00521. The fourth-order valence-electron chi connectivity index (χ4n) is 3.34. The summed E-state index contributed by atoms with van der Waals surface area (Å²) in [5, 5.41) is 2.37. The molecule has 0 spiro atoms. The number of nitrogens with zero attached hydrogens (tertiary/aromatic N) is 1. The minimum absolute atomic E-state index is 0.152. The zero-order chi connectivity index (χ0) is 21.9. The van der Waals surface area contributed by atoms with Crippen LogP contribution < -0.4 is 14.9 Å².